The third-order valence-electron chi connectivity index (χ3n) is 3.39. The van der Waals surface area contributed by atoms with Crippen molar-refractivity contribution in [3.8, 4) is 0 Å². The lowest BCUT2D eigenvalue weighted by molar-refractivity contribution is 0.601. The van der Waals surface area contributed by atoms with Crippen molar-refractivity contribution >= 4 is 21.5 Å². The predicted octanol–water partition coefficient (Wildman–Crippen LogP) is 3.04. The van der Waals surface area contributed by atoms with Gasteiger partial charge in [0.25, 0.3) is 10.0 Å². The second-order valence-electron chi connectivity index (χ2n) is 5.00. The third kappa shape index (κ3) is 3.76. The number of sulfonamides is 1. The molecule has 0 amide bonds. The van der Waals surface area contributed by atoms with E-state index in [4.69, 9.17) is 0 Å². The molecule has 1 aromatic heterocycles. The van der Waals surface area contributed by atoms with Crippen LogP contribution >= 0.6 is 0 Å². The van der Waals surface area contributed by atoms with Crippen LogP contribution in [0, 0.1) is 6.92 Å². The lowest BCUT2D eigenvalue weighted by Crippen LogP contribution is -2.22. The van der Waals surface area contributed by atoms with Gasteiger partial charge in [-0.15, -0.1) is 0 Å². The van der Waals surface area contributed by atoms with Crippen LogP contribution in [0.1, 0.15) is 19.4 Å². The number of rotatable bonds is 6. The molecule has 2 aromatic rings. The van der Waals surface area contributed by atoms with Crippen LogP contribution in [0.5, 0.6) is 0 Å². The Morgan fingerprint density at radius 3 is 2.41 bits per heavy atom. The van der Waals surface area contributed by atoms with E-state index in [9.17, 15) is 8.42 Å². The number of pyridine rings is 1. The van der Waals surface area contributed by atoms with Crippen molar-refractivity contribution < 1.29 is 8.42 Å². The van der Waals surface area contributed by atoms with E-state index < -0.39 is 10.0 Å². The van der Waals surface area contributed by atoms with Gasteiger partial charge >= 0.3 is 0 Å². The lowest BCUT2D eigenvalue weighted by atomic mass is 10.2. The average molecular weight is 319 g/mol. The molecule has 1 N–H and O–H groups in total. The third-order valence-corrected chi connectivity index (χ3v) is 4.77. The Hall–Kier alpha value is -2.08. The highest BCUT2D eigenvalue weighted by Gasteiger charge is 2.14. The Morgan fingerprint density at radius 2 is 1.86 bits per heavy atom. The number of nitrogens with zero attached hydrogens (tertiary/aromatic N) is 2. The van der Waals surface area contributed by atoms with Gasteiger partial charge < -0.3 is 4.90 Å². The zero-order chi connectivity index (χ0) is 16.2. The molecule has 1 aromatic carbocycles. The minimum atomic E-state index is -3.58. The Morgan fingerprint density at radius 1 is 1.14 bits per heavy atom. The van der Waals surface area contributed by atoms with Gasteiger partial charge in [-0.05, 0) is 50.6 Å². The largest absolute Gasteiger partial charge is 0.357 e. The fourth-order valence-corrected chi connectivity index (χ4v) is 3.33. The molecular formula is C16H21N3O2S. The Balaban J connectivity index is 2.20. The molecule has 2 rings (SSSR count). The van der Waals surface area contributed by atoms with E-state index in [1.165, 1.54) is 0 Å². The summed E-state index contributed by atoms with van der Waals surface area (Å²) in [4.78, 5) is 6.66. The SMILES string of the molecule is CCN(CC)c1ccc(NS(=O)(=O)c2cccc(C)c2)cn1. The lowest BCUT2D eigenvalue weighted by Gasteiger charge is -2.19. The maximum Gasteiger partial charge on any atom is 0.261 e. The maximum atomic E-state index is 12.3. The van der Waals surface area contributed by atoms with Crippen LogP contribution < -0.4 is 9.62 Å². The molecule has 0 radical (unpaired) electrons. The second-order valence-corrected chi connectivity index (χ2v) is 6.68. The van der Waals surface area contributed by atoms with Crippen LogP contribution in [0.2, 0.25) is 0 Å². The fourth-order valence-electron chi connectivity index (χ4n) is 2.18. The Bertz CT molecular complexity index is 723. The summed E-state index contributed by atoms with van der Waals surface area (Å²) in [6.07, 6.45) is 1.54. The van der Waals surface area contributed by atoms with Crippen molar-refractivity contribution in [3.63, 3.8) is 0 Å². The van der Waals surface area contributed by atoms with E-state index in [0.29, 0.717) is 5.69 Å². The van der Waals surface area contributed by atoms with Crippen molar-refractivity contribution in [1.29, 1.82) is 0 Å². The van der Waals surface area contributed by atoms with Crippen LogP contribution in [0.25, 0.3) is 0 Å². The van der Waals surface area contributed by atoms with E-state index >= 15 is 0 Å². The summed E-state index contributed by atoms with van der Waals surface area (Å²) < 4.78 is 27.2. The van der Waals surface area contributed by atoms with Gasteiger partial charge in [0.2, 0.25) is 0 Å². The van der Waals surface area contributed by atoms with Crippen LogP contribution in [0.4, 0.5) is 11.5 Å². The van der Waals surface area contributed by atoms with Crippen LogP contribution in [0.3, 0.4) is 0 Å². The van der Waals surface area contributed by atoms with E-state index in [1.54, 1.807) is 30.5 Å². The molecule has 0 atom stereocenters. The zero-order valence-corrected chi connectivity index (χ0v) is 13.9. The number of hydrogen-bond donors (Lipinski definition) is 1. The summed E-state index contributed by atoms with van der Waals surface area (Å²) in [5.41, 5.74) is 1.36. The topological polar surface area (TPSA) is 62.3 Å². The van der Waals surface area contributed by atoms with E-state index in [1.807, 2.05) is 19.1 Å². The van der Waals surface area contributed by atoms with Crippen molar-refractivity contribution in [3.05, 3.63) is 48.2 Å². The van der Waals surface area contributed by atoms with Gasteiger partial charge in [0.15, 0.2) is 0 Å². The maximum absolute atomic E-state index is 12.3. The summed E-state index contributed by atoms with van der Waals surface area (Å²) in [7, 11) is -3.58. The highest BCUT2D eigenvalue weighted by Crippen LogP contribution is 2.18. The molecule has 0 saturated heterocycles. The summed E-state index contributed by atoms with van der Waals surface area (Å²) in [6.45, 7) is 7.69. The number of hydrogen-bond acceptors (Lipinski definition) is 4. The standard InChI is InChI=1S/C16H21N3O2S/c1-4-19(5-2)16-10-9-14(12-17-16)18-22(20,21)15-8-6-7-13(3)11-15/h6-12,18H,4-5H2,1-3H3. The normalized spacial score (nSPS) is 11.2. The number of aromatic nitrogens is 1. The van der Waals surface area contributed by atoms with Gasteiger partial charge in [-0.3, -0.25) is 4.72 Å². The van der Waals surface area contributed by atoms with Gasteiger partial charge in [-0.1, -0.05) is 12.1 Å². The van der Waals surface area contributed by atoms with Gasteiger partial charge in [0.1, 0.15) is 5.82 Å². The predicted molar refractivity (Wildman–Crippen MR) is 89.8 cm³/mol. The van der Waals surface area contributed by atoms with Crippen LogP contribution in [-0.2, 0) is 10.0 Å². The molecule has 0 aliphatic carbocycles. The van der Waals surface area contributed by atoms with Crippen molar-refractivity contribution in [2.24, 2.45) is 0 Å². The molecular weight excluding hydrogens is 298 g/mol. The molecule has 5 nitrogen and oxygen atoms in total. The molecule has 0 aliphatic rings. The van der Waals surface area contributed by atoms with Gasteiger partial charge in [-0.25, -0.2) is 13.4 Å². The molecule has 0 aliphatic heterocycles. The summed E-state index contributed by atoms with van der Waals surface area (Å²) in [5.74, 6) is 0.837. The molecule has 118 valence electrons. The second kappa shape index (κ2) is 6.79. The zero-order valence-electron chi connectivity index (χ0n) is 13.1. The highest BCUT2D eigenvalue weighted by atomic mass is 32.2. The Labute approximate surface area is 132 Å². The molecule has 0 unspecified atom stereocenters. The summed E-state index contributed by atoms with van der Waals surface area (Å²) >= 11 is 0. The monoisotopic (exact) mass is 319 g/mol. The number of anilines is 2. The van der Waals surface area contributed by atoms with Crippen molar-refractivity contribution in [2.45, 2.75) is 25.7 Å². The fraction of sp³-hybridized carbons (Fsp3) is 0.312. The molecule has 0 saturated carbocycles. The molecule has 22 heavy (non-hydrogen) atoms. The van der Waals surface area contributed by atoms with Gasteiger partial charge in [0.05, 0.1) is 16.8 Å². The van der Waals surface area contributed by atoms with E-state index in [2.05, 4.69) is 28.5 Å². The van der Waals surface area contributed by atoms with E-state index in [-0.39, 0.29) is 4.90 Å². The summed E-state index contributed by atoms with van der Waals surface area (Å²) in [6, 6.07) is 10.4. The van der Waals surface area contributed by atoms with Crippen LogP contribution in [0.15, 0.2) is 47.5 Å². The van der Waals surface area contributed by atoms with E-state index in [0.717, 1.165) is 24.5 Å². The smallest absolute Gasteiger partial charge is 0.261 e. The molecule has 6 heteroatoms. The number of benzene rings is 1. The van der Waals surface area contributed by atoms with Crippen molar-refractivity contribution in [1.82, 2.24) is 4.98 Å². The van der Waals surface area contributed by atoms with Gasteiger partial charge in [-0.2, -0.15) is 0 Å². The first-order valence-corrected chi connectivity index (χ1v) is 8.75. The highest BCUT2D eigenvalue weighted by molar-refractivity contribution is 7.92. The first-order chi connectivity index (χ1) is 10.5. The number of nitrogens with one attached hydrogen (secondary N) is 1. The average Bonchev–Trinajstić information content (AvgIpc) is 2.50. The molecule has 1 heterocycles. The summed E-state index contributed by atoms with van der Waals surface area (Å²) in [5, 5.41) is 0. The van der Waals surface area contributed by atoms with Crippen LogP contribution in [-0.4, -0.2) is 26.5 Å². The minimum absolute atomic E-state index is 0.250. The number of aryl methyl sites for hydroxylation is 1. The van der Waals surface area contributed by atoms with Gasteiger partial charge in [0, 0.05) is 13.1 Å². The first kappa shape index (κ1) is 16.3. The molecule has 0 fully saturated rings. The van der Waals surface area contributed by atoms with Crippen molar-refractivity contribution in [2.75, 3.05) is 22.7 Å². The molecule has 0 bridgehead atoms. The Kier molecular flexibility index (Phi) is 5.03. The molecule has 0 spiro atoms. The minimum Gasteiger partial charge on any atom is -0.357 e. The first-order valence-electron chi connectivity index (χ1n) is 7.26. The quantitative estimate of drug-likeness (QED) is 0.889.